The quantitative estimate of drug-likeness (QED) is 0.922. The van der Waals surface area contributed by atoms with Crippen LogP contribution in [0.3, 0.4) is 0 Å². The smallest absolute Gasteiger partial charge is 0.257 e. The summed E-state index contributed by atoms with van der Waals surface area (Å²) >= 11 is 4.80. The first-order valence-corrected chi connectivity index (χ1v) is 6.30. The van der Waals surface area contributed by atoms with Crippen LogP contribution in [0.4, 0.5) is 5.82 Å². The second kappa shape index (κ2) is 4.76. The molecule has 0 fully saturated rings. The lowest BCUT2D eigenvalue weighted by Crippen LogP contribution is -2.11. The topological polar surface area (TPSA) is 42.0 Å². The standard InChI is InChI=1S/C11H9BrN2OS/c1-7-2-3-13-10(4-7)14-11(15)8-5-9(12)16-6-8/h2-6H,1H3,(H,13,14,15). The molecule has 0 radical (unpaired) electrons. The molecule has 0 aromatic carbocycles. The number of hydrogen-bond donors (Lipinski definition) is 1. The van der Waals surface area contributed by atoms with E-state index in [4.69, 9.17) is 0 Å². The van der Waals surface area contributed by atoms with E-state index in [0.29, 0.717) is 11.4 Å². The Kier molecular flexibility index (Phi) is 3.36. The van der Waals surface area contributed by atoms with Gasteiger partial charge in [0, 0.05) is 11.6 Å². The van der Waals surface area contributed by atoms with Crippen molar-refractivity contribution in [1.82, 2.24) is 4.98 Å². The number of hydrogen-bond acceptors (Lipinski definition) is 3. The number of carbonyl (C=O) groups is 1. The third-order valence-corrected chi connectivity index (χ3v) is 3.49. The molecule has 0 bridgehead atoms. The van der Waals surface area contributed by atoms with E-state index in [1.807, 2.05) is 19.1 Å². The number of pyridine rings is 1. The first kappa shape index (κ1) is 11.3. The first-order chi connectivity index (χ1) is 7.65. The maximum absolute atomic E-state index is 11.8. The lowest BCUT2D eigenvalue weighted by Gasteiger charge is -2.02. The first-order valence-electron chi connectivity index (χ1n) is 4.63. The van der Waals surface area contributed by atoms with Gasteiger partial charge in [-0.1, -0.05) is 0 Å². The van der Waals surface area contributed by atoms with E-state index in [9.17, 15) is 4.79 Å². The molecule has 0 unspecified atom stereocenters. The SMILES string of the molecule is Cc1ccnc(NC(=O)c2csc(Br)c2)c1. The van der Waals surface area contributed by atoms with Crippen molar-refractivity contribution in [1.29, 1.82) is 0 Å². The van der Waals surface area contributed by atoms with Crippen LogP contribution in [0.2, 0.25) is 0 Å². The van der Waals surface area contributed by atoms with Crippen LogP contribution in [0.15, 0.2) is 33.6 Å². The van der Waals surface area contributed by atoms with Gasteiger partial charge in [-0.05, 0) is 46.6 Å². The predicted octanol–water partition coefficient (Wildman–Crippen LogP) is 3.47. The van der Waals surface area contributed by atoms with Gasteiger partial charge in [-0.3, -0.25) is 4.79 Å². The fraction of sp³-hybridized carbons (Fsp3) is 0.0909. The van der Waals surface area contributed by atoms with Gasteiger partial charge in [-0.2, -0.15) is 0 Å². The Bertz CT molecular complexity index is 524. The number of rotatable bonds is 2. The van der Waals surface area contributed by atoms with E-state index >= 15 is 0 Å². The summed E-state index contributed by atoms with van der Waals surface area (Å²) in [5.41, 5.74) is 1.71. The van der Waals surface area contributed by atoms with Crippen molar-refractivity contribution in [2.24, 2.45) is 0 Å². The van der Waals surface area contributed by atoms with Crippen LogP contribution < -0.4 is 5.32 Å². The molecule has 1 amide bonds. The number of nitrogens with one attached hydrogen (secondary N) is 1. The molecule has 0 saturated heterocycles. The molecule has 2 heterocycles. The molecule has 0 aliphatic carbocycles. The molecule has 1 N–H and O–H groups in total. The molecule has 16 heavy (non-hydrogen) atoms. The Morgan fingerprint density at radius 1 is 1.50 bits per heavy atom. The minimum atomic E-state index is -0.139. The van der Waals surface area contributed by atoms with Crippen LogP contribution in [-0.2, 0) is 0 Å². The highest BCUT2D eigenvalue weighted by Crippen LogP contribution is 2.21. The van der Waals surface area contributed by atoms with Gasteiger partial charge in [0.25, 0.3) is 5.91 Å². The lowest BCUT2D eigenvalue weighted by atomic mass is 10.3. The minimum absolute atomic E-state index is 0.139. The number of thiophene rings is 1. The summed E-state index contributed by atoms with van der Waals surface area (Å²) in [6.07, 6.45) is 1.68. The number of anilines is 1. The molecule has 0 aliphatic heterocycles. The van der Waals surface area contributed by atoms with Gasteiger partial charge in [0.1, 0.15) is 5.82 Å². The summed E-state index contributed by atoms with van der Waals surface area (Å²) in [7, 11) is 0. The van der Waals surface area contributed by atoms with Crippen molar-refractivity contribution in [3.05, 3.63) is 44.7 Å². The summed E-state index contributed by atoms with van der Waals surface area (Å²) in [5.74, 6) is 0.437. The number of carbonyl (C=O) groups excluding carboxylic acids is 1. The Labute approximate surface area is 106 Å². The van der Waals surface area contributed by atoms with Gasteiger partial charge in [0.15, 0.2) is 0 Å². The molecular formula is C11H9BrN2OS. The van der Waals surface area contributed by atoms with E-state index < -0.39 is 0 Å². The summed E-state index contributed by atoms with van der Waals surface area (Å²) in [4.78, 5) is 15.8. The third kappa shape index (κ3) is 2.68. The summed E-state index contributed by atoms with van der Waals surface area (Å²) in [6, 6.07) is 5.51. The molecule has 0 atom stereocenters. The highest BCUT2D eigenvalue weighted by molar-refractivity contribution is 9.11. The van der Waals surface area contributed by atoms with Crippen molar-refractivity contribution >= 4 is 39.0 Å². The molecule has 2 rings (SSSR count). The predicted molar refractivity (Wildman–Crippen MR) is 68.9 cm³/mol. The zero-order chi connectivity index (χ0) is 11.5. The lowest BCUT2D eigenvalue weighted by molar-refractivity contribution is 0.102. The second-order valence-electron chi connectivity index (χ2n) is 3.31. The van der Waals surface area contributed by atoms with Crippen LogP contribution in [0, 0.1) is 6.92 Å². The zero-order valence-electron chi connectivity index (χ0n) is 8.53. The minimum Gasteiger partial charge on any atom is -0.307 e. The number of nitrogens with zero attached hydrogens (tertiary/aromatic N) is 1. The van der Waals surface area contributed by atoms with Crippen molar-refractivity contribution in [3.8, 4) is 0 Å². The van der Waals surface area contributed by atoms with Crippen LogP contribution in [0.5, 0.6) is 0 Å². The van der Waals surface area contributed by atoms with Crippen molar-refractivity contribution in [2.75, 3.05) is 5.32 Å². The Balaban J connectivity index is 2.13. The monoisotopic (exact) mass is 296 g/mol. The maximum atomic E-state index is 11.8. The van der Waals surface area contributed by atoms with E-state index in [1.165, 1.54) is 11.3 Å². The van der Waals surface area contributed by atoms with Crippen molar-refractivity contribution in [2.45, 2.75) is 6.92 Å². The fourth-order valence-corrected chi connectivity index (χ4v) is 2.36. The highest BCUT2D eigenvalue weighted by atomic mass is 79.9. The van der Waals surface area contributed by atoms with Gasteiger partial charge < -0.3 is 5.32 Å². The number of halogens is 1. The van der Waals surface area contributed by atoms with Crippen molar-refractivity contribution < 1.29 is 4.79 Å². The average molecular weight is 297 g/mol. The van der Waals surface area contributed by atoms with Crippen LogP contribution in [0.1, 0.15) is 15.9 Å². The Hall–Kier alpha value is -1.20. The summed E-state index contributed by atoms with van der Waals surface area (Å²) in [6.45, 7) is 1.96. The summed E-state index contributed by atoms with van der Waals surface area (Å²) < 4.78 is 0.940. The molecule has 0 spiro atoms. The maximum Gasteiger partial charge on any atom is 0.257 e. The van der Waals surface area contributed by atoms with Gasteiger partial charge in [0.2, 0.25) is 0 Å². The number of amides is 1. The zero-order valence-corrected chi connectivity index (χ0v) is 10.9. The van der Waals surface area contributed by atoms with Gasteiger partial charge >= 0.3 is 0 Å². The van der Waals surface area contributed by atoms with Crippen LogP contribution in [0.25, 0.3) is 0 Å². The number of aryl methyl sites for hydroxylation is 1. The second-order valence-corrected chi connectivity index (χ2v) is 5.60. The molecule has 0 saturated carbocycles. The molecular weight excluding hydrogens is 288 g/mol. The highest BCUT2D eigenvalue weighted by Gasteiger charge is 2.08. The Morgan fingerprint density at radius 3 is 2.94 bits per heavy atom. The van der Waals surface area contributed by atoms with E-state index in [0.717, 1.165) is 9.35 Å². The Morgan fingerprint density at radius 2 is 2.31 bits per heavy atom. The van der Waals surface area contributed by atoms with Gasteiger partial charge in [-0.15, -0.1) is 11.3 Å². The molecule has 5 heteroatoms. The molecule has 82 valence electrons. The van der Waals surface area contributed by atoms with E-state index in [-0.39, 0.29) is 5.91 Å². The average Bonchev–Trinajstić information content (AvgIpc) is 2.65. The third-order valence-electron chi connectivity index (χ3n) is 1.99. The molecule has 2 aromatic heterocycles. The van der Waals surface area contributed by atoms with Crippen LogP contribution >= 0.6 is 27.3 Å². The van der Waals surface area contributed by atoms with E-state index in [1.54, 1.807) is 17.6 Å². The van der Waals surface area contributed by atoms with E-state index in [2.05, 4.69) is 26.2 Å². The summed E-state index contributed by atoms with van der Waals surface area (Å²) in [5, 5.41) is 4.55. The fourth-order valence-electron chi connectivity index (χ4n) is 1.22. The van der Waals surface area contributed by atoms with Gasteiger partial charge in [0.05, 0.1) is 9.35 Å². The molecule has 3 nitrogen and oxygen atoms in total. The largest absolute Gasteiger partial charge is 0.307 e. The van der Waals surface area contributed by atoms with Crippen LogP contribution in [-0.4, -0.2) is 10.9 Å². The van der Waals surface area contributed by atoms with Gasteiger partial charge in [-0.25, -0.2) is 4.98 Å². The number of aromatic nitrogens is 1. The molecule has 0 aliphatic rings. The molecule has 2 aromatic rings. The van der Waals surface area contributed by atoms with Crippen molar-refractivity contribution in [3.63, 3.8) is 0 Å². The normalized spacial score (nSPS) is 10.1.